The molecule has 0 aromatic rings. The second-order valence-corrected chi connectivity index (χ2v) is 9.46. The summed E-state index contributed by atoms with van der Waals surface area (Å²) in [5.41, 5.74) is 2.71. The van der Waals surface area contributed by atoms with Crippen LogP contribution in [0, 0.1) is 22.7 Å². The maximum atomic E-state index is 12.3. The Morgan fingerprint density at radius 1 is 1.28 bits per heavy atom. The highest BCUT2D eigenvalue weighted by Gasteiger charge is 2.63. The zero-order chi connectivity index (χ0) is 18.2. The van der Waals surface area contributed by atoms with E-state index in [1.54, 1.807) is 6.92 Å². The van der Waals surface area contributed by atoms with Crippen molar-refractivity contribution >= 4 is 11.6 Å². The number of aliphatic hydroxyl groups is 1. The van der Waals surface area contributed by atoms with Crippen molar-refractivity contribution in [3.8, 4) is 0 Å². The van der Waals surface area contributed by atoms with Crippen LogP contribution in [0.4, 0.5) is 0 Å². The lowest BCUT2D eigenvalue weighted by atomic mass is 9.50. The maximum absolute atomic E-state index is 12.3. The van der Waals surface area contributed by atoms with Gasteiger partial charge in [0.2, 0.25) is 0 Å². The average Bonchev–Trinajstić information content (AvgIpc) is 2.83. The summed E-state index contributed by atoms with van der Waals surface area (Å²) in [4.78, 5) is 24.3. The largest absolute Gasteiger partial charge is 0.381 e. The minimum atomic E-state index is -1.18. The van der Waals surface area contributed by atoms with Gasteiger partial charge in [0.1, 0.15) is 11.4 Å². The SMILES string of the molecule is CC(=O)[C@@]1(O)CC[C@H]2[C@@H]3CC(C)=C4CC(=O)CC[C@]4(C)C3=CC[C@@]21C. The van der Waals surface area contributed by atoms with Crippen LogP contribution in [-0.2, 0) is 9.59 Å². The van der Waals surface area contributed by atoms with Crippen LogP contribution in [0.1, 0.15) is 72.6 Å². The molecule has 4 aliphatic carbocycles. The number of Topliss-reactive ketones (excluding diaryl/α,β-unsaturated/α-hetero) is 2. The summed E-state index contributed by atoms with van der Waals surface area (Å²) < 4.78 is 0. The molecule has 0 heterocycles. The van der Waals surface area contributed by atoms with Crippen LogP contribution in [0.2, 0.25) is 0 Å². The zero-order valence-corrected chi connectivity index (χ0v) is 15.9. The van der Waals surface area contributed by atoms with E-state index < -0.39 is 5.60 Å². The van der Waals surface area contributed by atoms with E-state index in [4.69, 9.17) is 0 Å². The van der Waals surface area contributed by atoms with Gasteiger partial charge in [-0.3, -0.25) is 9.59 Å². The van der Waals surface area contributed by atoms with E-state index >= 15 is 0 Å². The minimum absolute atomic E-state index is 0.0131. The summed E-state index contributed by atoms with van der Waals surface area (Å²) in [6, 6.07) is 0. The Morgan fingerprint density at radius 2 is 2.00 bits per heavy atom. The summed E-state index contributed by atoms with van der Waals surface area (Å²) >= 11 is 0. The van der Waals surface area contributed by atoms with Gasteiger partial charge in [0.05, 0.1) is 0 Å². The van der Waals surface area contributed by atoms with Crippen molar-refractivity contribution in [3.63, 3.8) is 0 Å². The van der Waals surface area contributed by atoms with Gasteiger partial charge in [-0.15, -0.1) is 0 Å². The van der Waals surface area contributed by atoms with Gasteiger partial charge in [-0.1, -0.05) is 36.6 Å². The molecule has 0 spiro atoms. The molecular weight excluding hydrogens is 312 g/mol. The third kappa shape index (κ3) is 2.02. The Bertz CT molecular complexity index is 730. The van der Waals surface area contributed by atoms with E-state index in [9.17, 15) is 14.7 Å². The average molecular weight is 342 g/mol. The predicted octanol–water partition coefficient (Wildman–Crippen LogP) is 4.15. The fourth-order valence-corrected chi connectivity index (χ4v) is 6.81. The Hall–Kier alpha value is -1.22. The van der Waals surface area contributed by atoms with Crippen LogP contribution in [0.5, 0.6) is 0 Å². The third-order valence-corrected chi connectivity index (χ3v) is 8.42. The fraction of sp³-hybridized carbons (Fsp3) is 0.727. The lowest BCUT2D eigenvalue weighted by molar-refractivity contribution is -0.150. The summed E-state index contributed by atoms with van der Waals surface area (Å²) in [6.07, 6.45) is 7.82. The van der Waals surface area contributed by atoms with E-state index in [-0.39, 0.29) is 16.6 Å². The van der Waals surface area contributed by atoms with E-state index in [1.807, 2.05) is 0 Å². The Labute approximate surface area is 150 Å². The molecule has 3 heteroatoms. The van der Waals surface area contributed by atoms with Crippen molar-refractivity contribution in [2.45, 2.75) is 78.2 Å². The van der Waals surface area contributed by atoms with Crippen LogP contribution in [0.15, 0.2) is 22.8 Å². The van der Waals surface area contributed by atoms with Gasteiger partial charge in [0.15, 0.2) is 5.78 Å². The van der Waals surface area contributed by atoms with Gasteiger partial charge in [0, 0.05) is 23.7 Å². The van der Waals surface area contributed by atoms with E-state index in [0.717, 1.165) is 25.7 Å². The number of hydrogen-bond acceptors (Lipinski definition) is 3. The normalized spacial score (nSPS) is 46.3. The van der Waals surface area contributed by atoms with Crippen LogP contribution >= 0.6 is 0 Å². The molecular formula is C22H30O3. The number of allylic oxidation sites excluding steroid dienone is 4. The molecule has 4 aliphatic rings. The van der Waals surface area contributed by atoms with Gasteiger partial charge in [0.25, 0.3) is 0 Å². The standard InChI is InChI=1S/C22H30O3/c1-13-11-16-17(20(3)8-5-15(24)12-19(13)20)6-9-21(4)18(16)7-10-22(21,25)14(2)23/h6,16,18,25H,5,7-12H2,1-4H3/t16-,18+,20-,21+,22+/m1/s1. The minimum Gasteiger partial charge on any atom is -0.381 e. The second kappa shape index (κ2) is 5.16. The van der Waals surface area contributed by atoms with Crippen molar-refractivity contribution in [1.82, 2.24) is 0 Å². The summed E-state index contributed by atoms with van der Waals surface area (Å²) in [6.45, 7) is 8.19. The van der Waals surface area contributed by atoms with Crippen LogP contribution in [-0.4, -0.2) is 22.3 Å². The first-order valence-electron chi connectivity index (χ1n) is 9.78. The molecule has 25 heavy (non-hydrogen) atoms. The summed E-state index contributed by atoms with van der Waals surface area (Å²) in [7, 11) is 0. The Balaban J connectivity index is 1.80. The number of rotatable bonds is 1. The Kier molecular flexibility index (Phi) is 3.55. The van der Waals surface area contributed by atoms with Gasteiger partial charge >= 0.3 is 0 Å². The van der Waals surface area contributed by atoms with Crippen molar-refractivity contribution in [3.05, 3.63) is 22.8 Å². The third-order valence-electron chi connectivity index (χ3n) is 8.42. The number of ketones is 2. The van der Waals surface area contributed by atoms with Crippen molar-refractivity contribution in [2.24, 2.45) is 22.7 Å². The lowest BCUT2D eigenvalue weighted by Gasteiger charge is -2.54. The molecule has 136 valence electrons. The quantitative estimate of drug-likeness (QED) is 0.728. The summed E-state index contributed by atoms with van der Waals surface area (Å²) in [5.74, 6) is 1.06. The molecule has 0 amide bonds. The molecule has 2 fully saturated rings. The molecule has 3 nitrogen and oxygen atoms in total. The second-order valence-electron chi connectivity index (χ2n) is 9.46. The first-order chi connectivity index (χ1) is 11.6. The first kappa shape index (κ1) is 17.2. The van der Waals surface area contributed by atoms with Gasteiger partial charge in [-0.25, -0.2) is 0 Å². The van der Waals surface area contributed by atoms with Gasteiger partial charge in [-0.2, -0.15) is 0 Å². The molecule has 4 rings (SSSR count). The number of fused-ring (bicyclic) bond motifs is 5. The number of carbonyl (C=O) groups excluding carboxylic acids is 2. The van der Waals surface area contributed by atoms with Crippen LogP contribution in [0.3, 0.4) is 0 Å². The van der Waals surface area contributed by atoms with Crippen molar-refractivity contribution < 1.29 is 14.7 Å². The maximum Gasteiger partial charge on any atom is 0.161 e. The predicted molar refractivity (Wildman–Crippen MR) is 96.9 cm³/mol. The Morgan fingerprint density at radius 3 is 2.68 bits per heavy atom. The van der Waals surface area contributed by atoms with Gasteiger partial charge in [-0.05, 0) is 57.8 Å². The molecule has 0 bridgehead atoms. The van der Waals surface area contributed by atoms with Crippen molar-refractivity contribution in [2.75, 3.05) is 0 Å². The molecule has 0 aromatic carbocycles. The number of carbonyl (C=O) groups is 2. The number of hydrogen-bond donors (Lipinski definition) is 1. The molecule has 2 saturated carbocycles. The molecule has 0 unspecified atom stereocenters. The molecule has 0 aromatic heterocycles. The smallest absolute Gasteiger partial charge is 0.161 e. The van der Waals surface area contributed by atoms with E-state index in [1.165, 1.54) is 16.7 Å². The molecule has 0 radical (unpaired) electrons. The highest BCUT2D eigenvalue weighted by molar-refractivity contribution is 5.86. The van der Waals surface area contributed by atoms with E-state index in [2.05, 4.69) is 26.8 Å². The topological polar surface area (TPSA) is 54.4 Å². The van der Waals surface area contributed by atoms with Crippen molar-refractivity contribution in [1.29, 1.82) is 0 Å². The molecule has 1 N–H and O–H groups in total. The molecule has 0 saturated heterocycles. The first-order valence-corrected chi connectivity index (χ1v) is 9.78. The van der Waals surface area contributed by atoms with Crippen LogP contribution < -0.4 is 0 Å². The fourth-order valence-electron chi connectivity index (χ4n) is 6.81. The van der Waals surface area contributed by atoms with Crippen LogP contribution in [0.25, 0.3) is 0 Å². The monoisotopic (exact) mass is 342 g/mol. The van der Waals surface area contributed by atoms with E-state index in [0.29, 0.717) is 36.9 Å². The molecule has 5 atom stereocenters. The molecule has 0 aliphatic heterocycles. The lowest BCUT2D eigenvalue weighted by Crippen LogP contribution is -2.54. The zero-order valence-electron chi connectivity index (χ0n) is 15.9. The van der Waals surface area contributed by atoms with Gasteiger partial charge < -0.3 is 5.11 Å². The highest BCUT2D eigenvalue weighted by Crippen LogP contribution is 2.65. The summed E-state index contributed by atoms with van der Waals surface area (Å²) in [5, 5.41) is 11.2. The highest BCUT2D eigenvalue weighted by atomic mass is 16.3.